The maximum Gasteiger partial charge on any atom is 0.150 e. The van der Waals surface area contributed by atoms with Crippen LogP contribution in [-0.2, 0) is 7.05 Å². The number of hydrogen-bond donors (Lipinski definition) is 2. The second kappa shape index (κ2) is 7.53. The number of rotatable bonds is 4. The number of nitrogens with zero attached hydrogens (tertiary/aromatic N) is 6. The van der Waals surface area contributed by atoms with E-state index in [9.17, 15) is 10.5 Å². The fourth-order valence-corrected chi connectivity index (χ4v) is 3.55. The SMILES string of the molecule is C[C@H](Nc1ncnc(N)c1C#N)c1nc2cccc(-c3cccc(C#N)c3)c2n1C. The number of nitrogens with one attached hydrogen (secondary N) is 1. The van der Waals surface area contributed by atoms with Gasteiger partial charge in [-0.05, 0) is 30.7 Å². The minimum atomic E-state index is -0.248. The number of imidazole rings is 1. The molecule has 0 fully saturated rings. The zero-order valence-electron chi connectivity index (χ0n) is 16.5. The lowest BCUT2D eigenvalue weighted by Crippen LogP contribution is -2.14. The van der Waals surface area contributed by atoms with Crippen molar-refractivity contribution in [3.8, 4) is 23.3 Å². The summed E-state index contributed by atoms with van der Waals surface area (Å²) in [6.45, 7) is 1.94. The number of nitrogens with two attached hydrogens (primary N) is 1. The Balaban J connectivity index is 1.79. The summed E-state index contributed by atoms with van der Waals surface area (Å²) in [4.78, 5) is 12.8. The molecule has 2 heterocycles. The molecule has 0 spiro atoms. The van der Waals surface area contributed by atoms with Crippen LogP contribution in [0.3, 0.4) is 0 Å². The number of aromatic nitrogens is 4. The van der Waals surface area contributed by atoms with Crippen molar-refractivity contribution in [3.63, 3.8) is 0 Å². The molecule has 0 saturated heterocycles. The number of nitrogen functional groups attached to an aromatic ring is 1. The van der Waals surface area contributed by atoms with Crippen molar-refractivity contribution in [1.82, 2.24) is 19.5 Å². The van der Waals surface area contributed by atoms with E-state index in [-0.39, 0.29) is 17.4 Å². The highest BCUT2D eigenvalue weighted by atomic mass is 15.1. The Morgan fingerprint density at radius 2 is 1.90 bits per heavy atom. The van der Waals surface area contributed by atoms with E-state index in [1.807, 2.05) is 61.0 Å². The third-order valence-corrected chi connectivity index (χ3v) is 4.96. The molecule has 4 rings (SSSR count). The molecule has 1 atom stereocenters. The van der Waals surface area contributed by atoms with Crippen molar-refractivity contribution in [1.29, 1.82) is 10.5 Å². The van der Waals surface area contributed by atoms with Crippen LogP contribution in [0.4, 0.5) is 11.6 Å². The maximum absolute atomic E-state index is 9.36. The summed E-state index contributed by atoms with van der Waals surface area (Å²) in [5.74, 6) is 1.27. The van der Waals surface area contributed by atoms with E-state index in [1.165, 1.54) is 6.33 Å². The predicted molar refractivity (Wildman–Crippen MR) is 114 cm³/mol. The second-order valence-corrected chi connectivity index (χ2v) is 6.86. The summed E-state index contributed by atoms with van der Waals surface area (Å²) in [5, 5.41) is 21.8. The molecule has 0 unspecified atom stereocenters. The number of para-hydroxylation sites is 1. The van der Waals surface area contributed by atoms with Gasteiger partial charge in [0.25, 0.3) is 0 Å². The molecule has 8 nitrogen and oxygen atoms in total. The van der Waals surface area contributed by atoms with Crippen LogP contribution < -0.4 is 11.1 Å². The Labute approximate surface area is 173 Å². The van der Waals surface area contributed by atoms with Crippen LogP contribution in [0.25, 0.3) is 22.2 Å². The van der Waals surface area contributed by atoms with Gasteiger partial charge in [0.2, 0.25) is 0 Å². The molecule has 2 aromatic heterocycles. The van der Waals surface area contributed by atoms with Crippen LogP contribution >= 0.6 is 0 Å². The van der Waals surface area contributed by atoms with E-state index < -0.39 is 0 Å². The Hall–Kier alpha value is -4.43. The molecule has 0 radical (unpaired) electrons. The van der Waals surface area contributed by atoms with Gasteiger partial charge in [-0.3, -0.25) is 0 Å². The molecule has 0 aliphatic rings. The molecule has 0 aliphatic heterocycles. The van der Waals surface area contributed by atoms with Crippen LogP contribution in [-0.4, -0.2) is 19.5 Å². The van der Waals surface area contributed by atoms with Crippen molar-refractivity contribution in [2.75, 3.05) is 11.1 Å². The minimum absolute atomic E-state index is 0.131. The first-order chi connectivity index (χ1) is 14.5. The van der Waals surface area contributed by atoms with Gasteiger partial charge in [-0.25, -0.2) is 15.0 Å². The molecule has 30 heavy (non-hydrogen) atoms. The van der Waals surface area contributed by atoms with E-state index >= 15 is 0 Å². The van der Waals surface area contributed by atoms with Gasteiger partial charge in [-0.1, -0.05) is 24.3 Å². The number of aryl methyl sites for hydroxylation is 1. The Bertz CT molecular complexity index is 1340. The van der Waals surface area contributed by atoms with Gasteiger partial charge in [-0.15, -0.1) is 0 Å². The maximum atomic E-state index is 9.36. The van der Waals surface area contributed by atoms with Gasteiger partial charge < -0.3 is 15.6 Å². The molecule has 0 amide bonds. The van der Waals surface area contributed by atoms with Gasteiger partial charge in [0.05, 0.1) is 28.7 Å². The van der Waals surface area contributed by atoms with Gasteiger partial charge in [0, 0.05) is 12.6 Å². The average molecular weight is 394 g/mol. The molecule has 8 heteroatoms. The first-order valence-corrected chi connectivity index (χ1v) is 9.26. The first kappa shape index (κ1) is 18.9. The molecular formula is C22H18N8. The average Bonchev–Trinajstić information content (AvgIpc) is 3.11. The summed E-state index contributed by atoms with van der Waals surface area (Å²) >= 11 is 0. The summed E-state index contributed by atoms with van der Waals surface area (Å²) < 4.78 is 2.01. The Morgan fingerprint density at radius 3 is 2.67 bits per heavy atom. The lowest BCUT2D eigenvalue weighted by atomic mass is 10.0. The van der Waals surface area contributed by atoms with Crippen LogP contribution in [0.15, 0.2) is 48.8 Å². The van der Waals surface area contributed by atoms with E-state index in [0.717, 1.165) is 28.0 Å². The molecule has 0 saturated carbocycles. The molecule has 0 bridgehead atoms. The van der Waals surface area contributed by atoms with E-state index in [2.05, 4.69) is 21.4 Å². The normalized spacial score (nSPS) is 11.6. The van der Waals surface area contributed by atoms with Gasteiger partial charge in [0.15, 0.2) is 0 Å². The second-order valence-electron chi connectivity index (χ2n) is 6.86. The van der Waals surface area contributed by atoms with Crippen molar-refractivity contribution in [2.24, 2.45) is 7.05 Å². The summed E-state index contributed by atoms with van der Waals surface area (Å²) in [6.07, 6.45) is 1.32. The van der Waals surface area contributed by atoms with Gasteiger partial charge >= 0.3 is 0 Å². The number of fused-ring (bicyclic) bond motifs is 1. The fourth-order valence-electron chi connectivity index (χ4n) is 3.55. The van der Waals surface area contributed by atoms with Crippen LogP contribution in [0, 0.1) is 22.7 Å². The number of hydrogen-bond acceptors (Lipinski definition) is 7. The summed E-state index contributed by atoms with van der Waals surface area (Å²) in [7, 11) is 1.94. The molecule has 0 aliphatic carbocycles. The monoisotopic (exact) mass is 394 g/mol. The third kappa shape index (κ3) is 3.17. The fraction of sp³-hybridized carbons (Fsp3) is 0.136. The standard InChI is InChI=1S/C22H18N8/c1-13(28-21-17(11-24)20(25)26-12-27-21)22-29-18-8-4-7-16(19(18)30(22)2)15-6-3-5-14(9-15)10-23/h3-9,12-13H,1-2H3,(H3,25,26,27,28)/t13-/m0/s1. The summed E-state index contributed by atoms with van der Waals surface area (Å²) in [6, 6.07) is 17.4. The molecule has 3 N–H and O–H groups in total. The van der Waals surface area contributed by atoms with E-state index in [4.69, 9.17) is 10.7 Å². The lowest BCUT2D eigenvalue weighted by molar-refractivity contribution is 0.730. The Kier molecular flexibility index (Phi) is 4.75. The topological polar surface area (TPSA) is 129 Å². The molecule has 2 aromatic carbocycles. The number of anilines is 2. The minimum Gasteiger partial charge on any atom is -0.382 e. The van der Waals surface area contributed by atoms with Crippen molar-refractivity contribution in [3.05, 3.63) is 65.7 Å². The first-order valence-electron chi connectivity index (χ1n) is 9.26. The van der Waals surface area contributed by atoms with Crippen LogP contribution in [0.2, 0.25) is 0 Å². The lowest BCUT2D eigenvalue weighted by Gasteiger charge is -2.16. The number of benzene rings is 2. The molecular weight excluding hydrogens is 376 g/mol. The zero-order valence-corrected chi connectivity index (χ0v) is 16.5. The highest BCUT2D eigenvalue weighted by Gasteiger charge is 2.19. The molecule has 4 aromatic rings. The van der Waals surface area contributed by atoms with Gasteiger partial charge in [0.1, 0.15) is 35.4 Å². The predicted octanol–water partition coefficient (Wildman–Crippen LogP) is 3.53. The van der Waals surface area contributed by atoms with Crippen molar-refractivity contribution in [2.45, 2.75) is 13.0 Å². The largest absolute Gasteiger partial charge is 0.382 e. The smallest absolute Gasteiger partial charge is 0.150 e. The third-order valence-electron chi connectivity index (χ3n) is 4.96. The highest BCUT2D eigenvalue weighted by molar-refractivity contribution is 5.93. The quantitative estimate of drug-likeness (QED) is 0.541. The highest BCUT2D eigenvalue weighted by Crippen LogP contribution is 2.31. The van der Waals surface area contributed by atoms with E-state index in [1.54, 1.807) is 6.07 Å². The van der Waals surface area contributed by atoms with Crippen LogP contribution in [0.1, 0.15) is 29.9 Å². The molecule has 146 valence electrons. The summed E-state index contributed by atoms with van der Waals surface area (Å²) in [5.41, 5.74) is 10.3. The van der Waals surface area contributed by atoms with Crippen LogP contribution in [0.5, 0.6) is 0 Å². The van der Waals surface area contributed by atoms with Crippen molar-refractivity contribution >= 4 is 22.7 Å². The Morgan fingerprint density at radius 1 is 1.10 bits per heavy atom. The van der Waals surface area contributed by atoms with E-state index in [0.29, 0.717) is 11.4 Å². The zero-order chi connectivity index (χ0) is 21.3. The van der Waals surface area contributed by atoms with Crippen molar-refractivity contribution < 1.29 is 0 Å². The number of nitriles is 2. The van der Waals surface area contributed by atoms with Gasteiger partial charge in [-0.2, -0.15) is 10.5 Å².